The summed E-state index contributed by atoms with van der Waals surface area (Å²) in [6.07, 6.45) is 4.27. The summed E-state index contributed by atoms with van der Waals surface area (Å²) in [6, 6.07) is 13.6. The largest absolute Gasteiger partial charge is 0.334 e. The van der Waals surface area contributed by atoms with Crippen LogP contribution in [0.5, 0.6) is 0 Å². The van der Waals surface area contributed by atoms with Gasteiger partial charge in [-0.25, -0.2) is 4.39 Å². The Bertz CT molecular complexity index is 773. The van der Waals surface area contributed by atoms with Gasteiger partial charge >= 0.3 is 0 Å². The first-order valence-corrected chi connectivity index (χ1v) is 8.56. The summed E-state index contributed by atoms with van der Waals surface area (Å²) in [4.78, 5) is 19.9. The van der Waals surface area contributed by atoms with E-state index in [4.69, 9.17) is 0 Å². The Hall–Kier alpha value is -2.53. The zero-order valence-electron chi connectivity index (χ0n) is 13.1. The van der Waals surface area contributed by atoms with Crippen LogP contribution >= 0.6 is 11.3 Å². The van der Waals surface area contributed by atoms with E-state index in [9.17, 15) is 9.18 Å². The molecule has 0 spiro atoms. The van der Waals surface area contributed by atoms with E-state index >= 15 is 0 Å². The van der Waals surface area contributed by atoms with Crippen molar-refractivity contribution in [2.75, 3.05) is 6.54 Å². The van der Waals surface area contributed by atoms with Crippen LogP contribution in [0.25, 0.3) is 0 Å². The molecule has 0 atom stereocenters. The maximum atomic E-state index is 13.1. The molecular weight excluding hydrogens is 323 g/mol. The third-order valence-corrected chi connectivity index (χ3v) is 4.62. The van der Waals surface area contributed by atoms with Crippen LogP contribution in [0.2, 0.25) is 0 Å². The fraction of sp³-hybridized carbons (Fsp3) is 0.158. The summed E-state index contributed by atoms with van der Waals surface area (Å²) >= 11 is 1.68. The molecule has 0 radical (unpaired) electrons. The van der Waals surface area contributed by atoms with Gasteiger partial charge in [0.1, 0.15) is 5.82 Å². The zero-order valence-corrected chi connectivity index (χ0v) is 13.9. The lowest BCUT2D eigenvalue weighted by atomic mass is 10.1. The van der Waals surface area contributed by atoms with E-state index in [1.165, 1.54) is 29.1 Å². The minimum Gasteiger partial charge on any atom is -0.334 e. The van der Waals surface area contributed by atoms with Gasteiger partial charge in [0.25, 0.3) is 5.91 Å². The van der Waals surface area contributed by atoms with E-state index in [-0.39, 0.29) is 11.7 Å². The molecule has 0 fully saturated rings. The van der Waals surface area contributed by atoms with Crippen LogP contribution < -0.4 is 0 Å². The molecule has 122 valence electrons. The first-order valence-electron chi connectivity index (χ1n) is 7.68. The van der Waals surface area contributed by atoms with Crippen molar-refractivity contribution in [3.05, 3.63) is 88.1 Å². The Morgan fingerprint density at radius 1 is 1.12 bits per heavy atom. The van der Waals surface area contributed by atoms with Gasteiger partial charge in [-0.3, -0.25) is 9.78 Å². The van der Waals surface area contributed by atoms with Gasteiger partial charge < -0.3 is 4.90 Å². The fourth-order valence-electron chi connectivity index (χ4n) is 2.44. The molecule has 0 saturated carbocycles. The highest BCUT2D eigenvalue weighted by Gasteiger charge is 2.16. The first-order chi connectivity index (χ1) is 11.7. The summed E-state index contributed by atoms with van der Waals surface area (Å²) in [7, 11) is 0. The van der Waals surface area contributed by atoms with Crippen LogP contribution in [0.15, 0.2) is 66.3 Å². The molecule has 0 bridgehead atoms. The molecule has 0 aliphatic heterocycles. The van der Waals surface area contributed by atoms with Crippen molar-refractivity contribution in [2.45, 2.75) is 13.0 Å². The fourth-order valence-corrected chi connectivity index (χ4v) is 3.14. The molecular formula is C19H17FN2OS. The lowest BCUT2D eigenvalue weighted by molar-refractivity contribution is 0.0745. The summed E-state index contributed by atoms with van der Waals surface area (Å²) in [5, 5.41) is 2.03. The van der Waals surface area contributed by atoms with Crippen LogP contribution in [0, 0.1) is 5.82 Å². The van der Waals surface area contributed by atoms with Gasteiger partial charge in [-0.05, 0) is 53.8 Å². The minimum absolute atomic E-state index is 0.101. The van der Waals surface area contributed by atoms with Crippen LogP contribution in [0.4, 0.5) is 4.39 Å². The molecule has 24 heavy (non-hydrogen) atoms. The number of thiophene rings is 1. The zero-order chi connectivity index (χ0) is 16.8. The number of aromatic nitrogens is 1. The molecule has 1 aromatic carbocycles. The van der Waals surface area contributed by atoms with E-state index in [0.29, 0.717) is 18.7 Å². The average Bonchev–Trinajstić information content (AvgIpc) is 3.13. The molecule has 0 aliphatic rings. The van der Waals surface area contributed by atoms with Gasteiger partial charge in [0.05, 0.1) is 0 Å². The van der Waals surface area contributed by atoms with Crippen LogP contribution in [-0.2, 0) is 13.0 Å². The number of amides is 1. The third kappa shape index (κ3) is 4.26. The van der Waals surface area contributed by atoms with E-state index in [0.717, 1.165) is 12.0 Å². The summed E-state index contributed by atoms with van der Waals surface area (Å²) in [6.45, 7) is 1.08. The minimum atomic E-state index is -0.344. The smallest absolute Gasteiger partial charge is 0.254 e. The highest BCUT2D eigenvalue weighted by atomic mass is 32.1. The Morgan fingerprint density at radius 3 is 2.62 bits per heavy atom. The monoisotopic (exact) mass is 340 g/mol. The van der Waals surface area contributed by atoms with Gasteiger partial charge in [-0.15, -0.1) is 11.3 Å². The van der Waals surface area contributed by atoms with E-state index in [2.05, 4.69) is 11.1 Å². The molecule has 0 N–H and O–H groups in total. The highest BCUT2D eigenvalue weighted by molar-refractivity contribution is 7.09. The lowest BCUT2D eigenvalue weighted by Gasteiger charge is -2.22. The van der Waals surface area contributed by atoms with Crippen molar-refractivity contribution in [3.63, 3.8) is 0 Å². The van der Waals surface area contributed by atoms with Crippen molar-refractivity contribution in [3.8, 4) is 0 Å². The van der Waals surface area contributed by atoms with Crippen molar-refractivity contribution < 1.29 is 9.18 Å². The topological polar surface area (TPSA) is 33.2 Å². The molecule has 3 aromatic rings. The predicted octanol–water partition coefficient (Wildman–Crippen LogP) is 4.17. The highest BCUT2D eigenvalue weighted by Crippen LogP contribution is 2.14. The van der Waals surface area contributed by atoms with Crippen molar-refractivity contribution >= 4 is 17.2 Å². The second kappa shape index (κ2) is 7.84. The Labute approximate surface area is 144 Å². The average molecular weight is 340 g/mol. The van der Waals surface area contributed by atoms with Gasteiger partial charge in [-0.1, -0.05) is 12.1 Å². The molecule has 1 amide bonds. The number of nitrogens with zero attached hydrogens (tertiary/aromatic N) is 2. The van der Waals surface area contributed by atoms with Crippen LogP contribution in [-0.4, -0.2) is 22.3 Å². The van der Waals surface area contributed by atoms with E-state index < -0.39 is 0 Å². The number of carbonyl (C=O) groups excluding carboxylic acids is 1. The van der Waals surface area contributed by atoms with Gasteiger partial charge in [0.15, 0.2) is 0 Å². The van der Waals surface area contributed by atoms with Crippen molar-refractivity contribution in [1.29, 1.82) is 0 Å². The van der Waals surface area contributed by atoms with Gasteiger partial charge in [0.2, 0.25) is 0 Å². The molecule has 3 nitrogen and oxygen atoms in total. The second-order valence-electron chi connectivity index (χ2n) is 5.42. The molecule has 3 rings (SSSR count). The maximum absolute atomic E-state index is 13.1. The van der Waals surface area contributed by atoms with Crippen molar-refractivity contribution in [1.82, 2.24) is 9.88 Å². The second-order valence-corrected chi connectivity index (χ2v) is 6.46. The maximum Gasteiger partial charge on any atom is 0.254 e. The van der Waals surface area contributed by atoms with E-state index in [1.54, 1.807) is 28.6 Å². The van der Waals surface area contributed by atoms with Crippen LogP contribution in [0.1, 0.15) is 20.8 Å². The Kier molecular flexibility index (Phi) is 5.33. The normalized spacial score (nSPS) is 10.5. The summed E-state index contributed by atoms with van der Waals surface area (Å²) in [5.41, 5.74) is 1.46. The summed E-state index contributed by atoms with van der Waals surface area (Å²) in [5.74, 6) is -0.445. The molecule has 0 saturated heterocycles. The molecule has 2 aromatic heterocycles. The molecule has 0 unspecified atom stereocenters. The Balaban J connectivity index is 1.77. The summed E-state index contributed by atoms with van der Waals surface area (Å²) < 4.78 is 13.1. The lowest BCUT2D eigenvalue weighted by Crippen LogP contribution is -2.32. The number of hydrogen-bond acceptors (Lipinski definition) is 3. The molecule has 2 heterocycles. The molecule has 5 heteroatoms. The van der Waals surface area contributed by atoms with E-state index in [1.807, 2.05) is 23.6 Å². The standard InChI is InChI=1S/C19H17FN2OS/c20-17-7-5-16(6-8-17)19(23)22(11-9-18-4-2-12-24-18)14-15-3-1-10-21-13-15/h1-8,10,12-13H,9,11,14H2. The number of halogens is 1. The van der Waals surface area contributed by atoms with Crippen molar-refractivity contribution in [2.24, 2.45) is 0 Å². The first kappa shape index (κ1) is 16.3. The molecule has 0 aliphatic carbocycles. The van der Waals surface area contributed by atoms with Crippen LogP contribution in [0.3, 0.4) is 0 Å². The quantitative estimate of drug-likeness (QED) is 0.675. The predicted molar refractivity (Wildman–Crippen MR) is 93.4 cm³/mol. The van der Waals surface area contributed by atoms with Gasteiger partial charge in [0, 0.05) is 35.9 Å². The number of pyridine rings is 1. The SMILES string of the molecule is O=C(c1ccc(F)cc1)N(CCc1cccs1)Cc1cccnc1. The third-order valence-electron chi connectivity index (χ3n) is 3.68. The Morgan fingerprint density at radius 2 is 1.96 bits per heavy atom. The number of hydrogen-bond donors (Lipinski definition) is 0. The number of carbonyl (C=O) groups is 1. The van der Waals surface area contributed by atoms with Gasteiger partial charge in [-0.2, -0.15) is 0 Å². The number of benzene rings is 1. The number of rotatable bonds is 6.